The smallest absolute Gasteiger partial charge is 0.207 e. The molecule has 134 heavy (non-hydrogen) atoms. The molecule has 0 fully saturated rings. The van der Waals surface area contributed by atoms with Crippen LogP contribution in [-0.2, 0) is 30.6 Å². The van der Waals surface area contributed by atoms with Crippen molar-refractivity contribution in [2.75, 3.05) is 0 Å². The molecule has 3 aliphatic rings. The summed E-state index contributed by atoms with van der Waals surface area (Å²) in [5.74, 6) is -143. The minimum Gasteiger partial charge on any atom is -0.207 e. The molecule has 0 N–H and O–H groups in total. The van der Waals surface area contributed by atoms with Crippen molar-refractivity contribution in [2.45, 2.75) is 30.6 Å². The van der Waals surface area contributed by atoms with Crippen molar-refractivity contribution < 1.29 is 227 Å². The number of rotatable bonds is 13. The van der Waals surface area contributed by atoms with Crippen molar-refractivity contribution in [1.82, 2.24) is 0 Å². The summed E-state index contributed by atoms with van der Waals surface area (Å²) in [6.45, 7) is 0. The number of benzene rings is 13. The van der Waals surface area contributed by atoms with Crippen LogP contribution in [-0.4, -0.2) is 12.3 Å². The van der Waals surface area contributed by atoms with Crippen LogP contribution in [0.2, 0.25) is 0 Å². The second kappa shape index (κ2) is 38.5. The van der Waals surface area contributed by atoms with Crippen LogP contribution >= 0.6 is 11.6 Å². The summed E-state index contributed by atoms with van der Waals surface area (Å²) in [4.78, 5) is -0.632. The Labute approximate surface area is 772 Å². The molecule has 0 nitrogen and oxygen atoms in total. The van der Waals surface area contributed by atoms with Crippen molar-refractivity contribution in [2.24, 2.45) is 0 Å². The first kappa shape index (κ1) is 101. The molecule has 0 saturated heterocycles. The fourth-order valence-electron chi connectivity index (χ4n) is 16.1. The maximum Gasteiger partial charge on any atom is 1.00 e. The van der Waals surface area contributed by atoms with Gasteiger partial charge in [-0.1, -0.05) is 103 Å². The average molecular weight is 1970 g/mol. The van der Waals surface area contributed by atoms with Gasteiger partial charge in [-0.05, 0) is 88.9 Å². The summed E-state index contributed by atoms with van der Waals surface area (Å²) in [6, 6.07) is 45.0. The molecule has 13 aromatic rings. The van der Waals surface area contributed by atoms with E-state index in [1.54, 1.807) is 0 Å². The predicted molar refractivity (Wildman–Crippen MR) is 400 cm³/mol. The van der Waals surface area contributed by atoms with Crippen LogP contribution in [0.5, 0.6) is 0 Å². The topological polar surface area (TPSA) is 0 Å². The number of alkyl halides is 1. The molecule has 3 aliphatic carbocycles. The molecule has 0 atom stereocenters. The molecule has 0 saturated carbocycles. The third kappa shape index (κ3) is 16.1. The van der Waals surface area contributed by atoms with Gasteiger partial charge in [0.1, 0.15) is 116 Å². The number of halogens is 41. The van der Waals surface area contributed by atoms with E-state index in [2.05, 4.69) is 146 Å². The quantitative estimate of drug-likeness (QED) is 0.0205. The normalized spacial score (nSPS) is 13.0. The van der Waals surface area contributed by atoms with Gasteiger partial charge in [0.15, 0.2) is 140 Å². The van der Waals surface area contributed by atoms with E-state index in [0.29, 0.717) is 0 Å². The summed E-state index contributed by atoms with van der Waals surface area (Å²) < 4.78 is 588. The Balaban J connectivity index is 0.000000169. The first-order valence-corrected chi connectivity index (χ1v) is 37.5. The zero-order valence-electron chi connectivity index (χ0n) is 65.5. The van der Waals surface area contributed by atoms with E-state index in [4.69, 9.17) is 11.6 Å². The van der Waals surface area contributed by atoms with Crippen molar-refractivity contribution in [3.05, 3.63) is 446 Å². The Hall–Kier alpha value is -11.8. The van der Waals surface area contributed by atoms with E-state index < -0.39 is 294 Å². The molecule has 0 aromatic heterocycles. The first-order chi connectivity index (χ1) is 62.6. The third-order valence-electron chi connectivity index (χ3n) is 22.3. The van der Waals surface area contributed by atoms with Gasteiger partial charge in [0, 0.05) is 41.9 Å². The zero-order valence-corrected chi connectivity index (χ0v) is 69.4. The van der Waals surface area contributed by atoms with Crippen LogP contribution in [0.1, 0.15) is 50.1 Å². The van der Waals surface area contributed by atoms with Gasteiger partial charge >= 0.3 is 51.4 Å². The van der Waals surface area contributed by atoms with Crippen molar-refractivity contribution in [3.8, 4) is 0 Å². The number of allylic oxidation sites excluding steroid dienone is 5. The van der Waals surface area contributed by atoms with Gasteiger partial charge in [0.2, 0.25) is 0 Å². The van der Waals surface area contributed by atoms with E-state index in [0.717, 1.165) is 16.7 Å². The number of aryl methyl sites for hydroxylation is 4. The SMILES string of the molecule is C1=C[CH+]C(=C(c2ccccc2)c2ccc3c(c2)CC3)C=C1.ClC(c1ccccc1)(c1ccccc1)c1ccc2c(c1)CC2.Fc1c(F)c(F)c([B-](c2c(F)c(F)c(F)c(F)c2F)(c2c(F)c(F)c(F)c(F)c2F)c2c(F)c(F)c(F)c(F)c2F)c(F)c1F.Fc1c(F)c(F)c([B-](c2c(F)c(F)c(F)c(F)c2F)(c2c(F)c(F)c(F)c(F)c2F)c2c(F)c(F)c(F)c(F)c2F)c(F)c1F.[K+]. The molecular weight excluding hydrogens is 1940 g/mol. The summed E-state index contributed by atoms with van der Waals surface area (Å²) in [5, 5.41) is 0. The summed E-state index contributed by atoms with van der Waals surface area (Å²) in [6.07, 6.45) is 1.07. The predicted octanol–water partition coefficient (Wildman–Crippen LogP) is 18.9. The Kier molecular flexibility index (Phi) is 29.1. The fraction of sp³-hybridized carbons (Fsp3) is 0.0556. The van der Waals surface area contributed by atoms with Crippen LogP contribution < -0.4 is 95.1 Å². The second-order valence-electron chi connectivity index (χ2n) is 29.1. The number of hydrogen-bond donors (Lipinski definition) is 0. The van der Waals surface area contributed by atoms with Crippen LogP contribution in [0.25, 0.3) is 5.57 Å². The maximum atomic E-state index is 15.4. The fourth-order valence-corrected chi connectivity index (χ4v) is 16.4. The van der Waals surface area contributed by atoms with E-state index in [1.165, 1.54) is 70.2 Å². The number of fused-ring (bicyclic) bond motifs is 2. The Bertz CT molecular complexity index is 6010. The van der Waals surface area contributed by atoms with Gasteiger partial charge in [-0.2, -0.15) is 0 Å². The molecule has 0 heterocycles. The molecule has 688 valence electrons. The minimum absolute atomic E-state index is 0. The molecule has 0 amide bonds. The van der Waals surface area contributed by atoms with E-state index >= 15 is 70.2 Å². The standard InChI is InChI=1S/2C24BF20.C21H17Cl.C21H17.K/c2*26-5-1(6(27)14(35)21(42)13(5)34)25(2-7(28)15(36)22(43)16(37)8(2)29,3-9(30)17(38)23(44)18(39)10(3)31)4-11(32)19(40)24(45)20(41)12(4)33;22-21(18-7-3-1-4-8-18,19-9-5-2-6-10-19)20-14-13-16-11-12-17(16)15-20;1-3-7-17(8-4-1)21(18-9-5-2-6-10-18)20-14-12-16-11-13-19(16)15-20;/h;;1-10,13-15H,11-12H2;1-10,12,14-15H,11,13H2;/q2*-1;;2*+1. The first-order valence-electron chi connectivity index (χ1n) is 37.1. The van der Waals surface area contributed by atoms with Gasteiger partial charge in [-0.15, -0.1) is 55.3 Å². The van der Waals surface area contributed by atoms with Crippen LogP contribution in [0.15, 0.2) is 157 Å². The van der Waals surface area contributed by atoms with Gasteiger partial charge < -0.3 is 0 Å². The van der Waals surface area contributed by atoms with E-state index in [1.807, 2.05) is 12.1 Å². The minimum atomic E-state index is -7.22. The summed E-state index contributed by atoms with van der Waals surface area (Å²) in [7, 11) is 0. The molecule has 0 radical (unpaired) electrons. The maximum absolute atomic E-state index is 15.4. The monoisotopic (exact) mass is 1970 g/mol. The van der Waals surface area contributed by atoms with Gasteiger partial charge in [0.25, 0.3) is 0 Å². The van der Waals surface area contributed by atoms with Crippen LogP contribution in [0, 0.1) is 239 Å². The van der Waals surface area contributed by atoms with Gasteiger partial charge in [-0.3, -0.25) is 0 Å². The Morgan fingerprint density at radius 3 is 0.627 bits per heavy atom. The van der Waals surface area contributed by atoms with Gasteiger partial charge in [0.05, 0.1) is 5.57 Å². The molecule has 0 spiro atoms. The summed E-state index contributed by atoms with van der Waals surface area (Å²) >= 11 is 7.26. The molecule has 13 aromatic carbocycles. The van der Waals surface area contributed by atoms with Crippen molar-refractivity contribution in [1.29, 1.82) is 0 Å². The Morgan fingerprint density at radius 2 is 0.425 bits per heavy atom. The molecule has 44 heteroatoms. The van der Waals surface area contributed by atoms with Crippen LogP contribution in [0.3, 0.4) is 0 Å². The average Bonchev–Trinajstić information content (AvgIpc) is 0.682. The largest absolute Gasteiger partial charge is 1.00 e. The van der Waals surface area contributed by atoms with E-state index in [9.17, 15) is 105 Å². The zero-order chi connectivity index (χ0) is 97.8. The van der Waals surface area contributed by atoms with Crippen molar-refractivity contribution >= 4 is 73.2 Å². The molecular formula is C90H34B2ClF40K. The second-order valence-corrected chi connectivity index (χ2v) is 29.6. The summed E-state index contributed by atoms with van der Waals surface area (Å²) in [5.41, 5.74) is -14.1. The van der Waals surface area contributed by atoms with Crippen LogP contribution in [0.4, 0.5) is 176 Å². The van der Waals surface area contributed by atoms with E-state index in [-0.39, 0.29) is 51.4 Å². The Morgan fingerprint density at radius 1 is 0.216 bits per heavy atom. The molecule has 0 bridgehead atoms. The van der Waals surface area contributed by atoms with Gasteiger partial charge in [-0.25, -0.2) is 176 Å². The van der Waals surface area contributed by atoms with Crippen molar-refractivity contribution in [3.63, 3.8) is 0 Å². The molecule has 0 unspecified atom stereocenters. The molecule has 16 rings (SSSR count). The number of hydrogen-bond acceptors (Lipinski definition) is 0. The third-order valence-corrected chi connectivity index (χ3v) is 23.0. The molecule has 0 aliphatic heterocycles.